The van der Waals surface area contributed by atoms with Gasteiger partial charge in [0.05, 0.1) is 18.1 Å². The highest BCUT2D eigenvalue weighted by atomic mass is 19.4. The molecule has 2 N–H and O–H groups in total. The number of halogens is 3. The summed E-state index contributed by atoms with van der Waals surface area (Å²) in [5.41, 5.74) is 2.36. The summed E-state index contributed by atoms with van der Waals surface area (Å²) in [6, 6.07) is 10.6. The lowest BCUT2D eigenvalue weighted by atomic mass is 9.89. The van der Waals surface area contributed by atoms with Gasteiger partial charge in [0, 0.05) is 43.7 Å². The smallest absolute Gasteiger partial charge is 0.424 e. The summed E-state index contributed by atoms with van der Waals surface area (Å²) >= 11 is 0. The van der Waals surface area contributed by atoms with Crippen molar-refractivity contribution in [2.75, 3.05) is 23.3 Å². The van der Waals surface area contributed by atoms with E-state index in [2.05, 4.69) is 46.4 Å². The van der Waals surface area contributed by atoms with Crippen LogP contribution in [0.2, 0.25) is 0 Å². The number of piperidine rings is 1. The minimum Gasteiger partial charge on any atom is -0.424 e. The second kappa shape index (κ2) is 12.0. The molecule has 3 aromatic heterocycles. The summed E-state index contributed by atoms with van der Waals surface area (Å²) in [6.45, 7) is 3.60. The summed E-state index contributed by atoms with van der Waals surface area (Å²) in [6.07, 6.45) is 5.16. The molecule has 42 heavy (non-hydrogen) atoms. The van der Waals surface area contributed by atoms with Crippen molar-refractivity contribution in [3.8, 4) is 28.6 Å². The Morgan fingerprint density at radius 2 is 1.76 bits per heavy atom. The largest absolute Gasteiger partial charge is 0.573 e. The van der Waals surface area contributed by atoms with Crippen LogP contribution in [-0.2, 0) is 0 Å². The Balaban J connectivity index is 1.06. The number of nitrogens with zero attached hydrogens (tertiary/aromatic N) is 5. The minimum absolute atomic E-state index is 0.141. The third-order valence-corrected chi connectivity index (χ3v) is 7.69. The number of pyridine rings is 1. The van der Waals surface area contributed by atoms with Crippen LogP contribution in [0.15, 0.2) is 57.7 Å². The molecule has 1 aromatic carbocycles. The topological polar surface area (TPSA) is 114 Å². The zero-order valence-electron chi connectivity index (χ0n) is 23.1. The van der Waals surface area contributed by atoms with E-state index in [1.54, 1.807) is 13.1 Å². The molecule has 4 aromatic rings. The Labute approximate surface area is 240 Å². The van der Waals surface area contributed by atoms with Crippen LogP contribution in [0.3, 0.4) is 0 Å². The molecule has 0 bridgehead atoms. The first-order chi connectivity index (χ1) is 20.3. The lowest BCUT2D eigenvalue weighted by Crippen LogP contribution is -2.54. The average molecular weight is 584 g/mol. The summed E-state index contributed by atoms with van der Waals surface area (Å²) in [7, 11) is 0. The Kier molecular flexibility index (Phi) is 8.00. The first-order valence-electron chi connectivity index (χ1n) is 14.2. The van der Waals surface area contributed by atoms with Crippen molar-refractivity contribution in [2.24, 2.45) is 0 Å². The van der Waals surface area contributed by atoms with Gasteiger partial charge < -0.3 is 29.2 Å². The van der Waals surface area contributed by atoms with E-state index in [-0.39, 0.29) is 17.8 Å². The van der Waals surface area contributed by atoms with Crippen LogP contribution in [-0.4, -0.2) is 57.7 Å². The molecule has 3 atom stereocenters. The molecular formula is C29H32F3N7O3. The molecule has 6 rings (SSSR count). The van der Waals surface area contributed by atoms with Gasteiger partial charge in [-0.25, -0.2) is 4.98 Å². The highest BCUT2D eigenvalue weighted by molar-refractivity contribution is 5.59. The maximum Gasteiger partial charge on any atom is 0.573 e. The highest BCUT2D eigenvalue weighted by Gasteiger charge is 2.32. The third-order valence-electron chi connectivity index (χ3n) is 7.69. The number of anilines is 2. The molecule has 1 saturated carbocycles. The van der Waals surface area contributed by atoms with E-state index in [1.165, 1.54) is 24.3 Å². The van der Waals surface area contributed by atoms with E-state index in [0.717, 1.165) is 57.3 Å². The van der Waals surface area contributed by atoms with Gasteiger partial charge in [0.2, 0.25) is 11.7 Å². The second-order valence-corrected chi connectivity index (χ2v) is 10.7. The second-order valence-electron chi connectivity index (χ2n) is 10.7. The first kappa shape index (κ1) is 28.0. The summed E-state index contributed by atoms with van der Waals surface area (Å²) in [4.78, 5) is 15.5. The average Bonchev–Trinajstić information content (AvgIpc) is 3.63. The van der Waals surface area contributed by atoms with Crippen LogP contribution >= 0.6 is 0 Å². The standard InChI is InChI=1S/C29H32F3N7O3/c1-18-35-27(38-42-18)25-13-10-21(15-33-25)39-14-4-5-20(17-39)36-23-6-2-3-7-24(23)37-28-34-16-26(40-28)19-8-11-22(12-9-19)41-29(30,31)32/h8-13,15-16,20,23-24,36H,2-7,14,17H2,1H3,(H,34,37). The lowest BCUT2D eigenvalue weighted by Gasteiger charge is -2.40. The minimum atomic E-state index is -4.73. The van der Waals surface area contributed by atoms with Gasteiger partial charge in [-0.2, -0.15) is 4.98 Å². The predicted octanol–water partition coefficient (Wildman–Crippen LogP) is 5.98. The number of hydrogen-bond donors (Lipinski definition) is 2. The zero-order valence-corrected chi connectivity index (χ0v) is 23.1. The molecule has 2 fully saturated rings. The summed E-state index contributed by atoms with van der Waals surface area (Å²) < 4.78 is 52.3. The number of nitrogens with one attached hydrogen (secondary N) is 2. The number of rotatable bonds is 8. The van der Waals surface area contributed by atoms with Gasteiger partial charge in [0.15, 0.2) is 5.76 Å². The van der Waals surface area contributed by atoms with Crippen molar-refractivity contribution in [1.29, 1.82) is 0 Å². The monoisotopic (exact) mass is 583 g/mol. The summed E-state index contributed by atoms with van der Waals surface area (Å²) in [5, 5.41) is 11.3. The van der Waals surface area contributed by atoms with Crippen molar-refractivity contribution in [3.63, 3.8) is 0 Å². The van der Waals surface area contributed by atoms with E-state index < -0.39 is 6.36 Å². The molecule has 222 valence electrons. The van der Waals surface area contributed by atoms with E-state index in [9.17, 15) is 13.2 Å². The number of aromatic nitrogens is 4. The van der Waals surface area contributed by atoms with Crippen LogP contribution < -0.4 is 20.3 Å². The Hall–Kier alpha value is -4.13. The third kappa shape index (κ3) is 6.84. The molecule has 13 heteroatoms. The molecule has 1 aliphatic carbocycles. The van der Waals surface area contributed by atoms with Gasteiger partial charge in [-0.05, 0) is 62.1 Å². The van der Waals surface area contributed by atoms with Crippen molar-refractivity contribution < 1.29 is 26.8 Å². The van der Waals surface area contributed by atoms with Gasteiger partial charge in [0.25, 0.3) is 6.01 Å². The Morgan fingerprint density at radius 1 is 0.952 bits per heavy atom. The van der Waals surface area contributed by atoms with Crippen LogP contribution in [0, 0.1) is 6.92 Å². The molecule has 0 spiro atoms. The number of alkyl halides is 3. The molecule has 10 nitrogen and oxygen atoms in total. The van der Waals surface area contributed by atoms with E-state index >= 15 is 0 Å². The highest BCUT2D eigenvalue weighted by Crippen LogP contribution is 2.30. The van der Waals surface area contributed by atoms with Gasteiger partial charge in [-0.15, -0.1) is 13.2 Å². The van der Waals surface area contributed by atoms with E-state index in [0.29, 0.717) is 40.8 Å². The van der Waals surface area contributed by atoms with Crippen LogP contribution in [0.5, 0.6) is 5.75 Å². The first-order valence-corrected chi connectivity index (χ1v) is 14.2. The van der Waals surface area contributed by atoms with Crippen LogP contribution in [0.4, 0.5) is 24.9 Å². The molecule has 1 saturated heterocycles. The number of benzene rings is 1. The van der Waals surface area contributed by atoms with E-state index in [1.807, 2.05) is 12.3 Å². The molecular weight excluding hydrogens is 551 g/mol. The molecule has 3 unspecified atom stereocenters. The SMILES string of the molecule is Cc1nc(-c2ccc(N3CCCC(NC4CCCCC4Nc4ncc(-c5ccc(OC(F)(F)F)cc5)o4)C3)cn2)no1. The molecule has 2 aliphatic rings. The van der Waals surface area contributed by atoms with Crippen LogP contribution in [0.1, 0.15) is 44.4 Å². The molecule has 0 amide bonds. The normalized spacial score (nSPS) is 21.3. The maximum absolute atomic E-state index is 12.5. The fourth-order valence-corrected chi connectivity index (χ4v) is 5.72. The van der Waals surface area contributed by atoms with Gasteiger partial charge in [0.1, 0.15) is 11.4 Å². The number of oxazole rings is 1. The Morgan fingerprint density at radius 3 is 2.48 bits per heavy atom. The van der Waals surface area contributed by atoms with Crippen molar-refractivity contribution >= 4 is 11.7 Å². The van der Waals surface area contributed by atoms with Gasteiger partial charge >= 0.3 is 6.36 Å². The maximum atomic E-state index is 12.5. The summed E-state index contributed by atoms with van der Waals surface area (Å²) in [5.74, 6) is 1.18. The zero-order chi connectivity index (χ0) is 29.1. The van der Waals surface area contributed by atoms with Crippen LogP contribution in [0.25, 0.3) is 22.8 Å². The lowest BCUT2D eigenvalue weighted by molar-refractivity contribution is -0.274. The number of aryl methyl sites for hydroxylation is 1. The predicted molar refractivity (Wildman–Crippen MR) is 149 cm³/mol. The quantitative estimate of drug-likeness (QED) is 0.257. The van der Waals surface area contributed by atoms with Gasteiger partial charge in [-0.1, -0.05) is 18.0 Å². The number of hydrogen-bond acceptors (Lipinski definition) is 10. The molecule has 0 radical (unpaired) electrons. The molecule has 1 aliphatic heterocycles. The fourth-order valence-electron chi connectivity index (χ4n) is 5.72. The van der Waals surface area contributed by atoms with E-state index in [4.69, 9.17) is 8.94 Å². The Bertz CT molecular complexity index is 1460. The fraction of sp³-hybridized carbons (Fsp3) is 0.448. The van der Waals surface area contributed by atoms with Gasteiger partial charge in [-0.3, -0.25) is 4.98 Å². The van der Waals surface area contributed by atoms with Crippen molar-refractivity contribution in [2.45, 2.75) is 69.9 Å². The molecule has 4 heterocycles. The number of ether oxygens (including phenoxy) is 1. The van der Waals surface area contributed by atoms with Crippen molar-refractivity contribution in [1.82, 2.24) is 25.4 Å². The van der Waals surface area contributed by atoms with Crippen molar-refractivity contribution in [3.05, 3.63) is 54.7 Å².